The minimum Gasteiger partial charge on any atom is -0.490 e. The minimum absolute atomic E-state index is 0.0659. The molecule has 1 aliphatic rings. The fraction of sp³-hybridized carbons (Fsp3) is 0.500. The molecule has 0 bridgehead atoms. The van der Waals surface area contributed by atoms with Crippen molar-refractivity contribution in [2.75, 3.05) is 19.7 Å². The molecule has 1 aromatic rings. The lowest BCUT2D eigenvalue weighted by atomic mass is 10.1. The molecule has 4 nitrogen and oxygen atoms in total. The summed E-state index contributed by atoms with van der Waals surface area (Å²) in [4.78, 5) is 13.2. The third-order valence-corrected chi connectivity index (χ3v) is 3.08. The average molecular weight is 267 g/mol. The molecule has 1 aromatic carbocycles. The van der Waals surface area contributed by atoms with Crippen molar-refractivity contribution < 1.29 is 18.7 Å². The van der Waals surface area contributed by atoms with Crippen molar-refractivity contribution in [1.29, 1.82) is 0 Å². The molecule has 19 heavy (non-hydrogen) atoms. The first-order valence-electron chi connectivity index (χ1n) is 6.53. The van der Waals surface area contributed by atoms with Gasteiger partial charge in [-0.25, -0.2) is 9.18 Å². The van der Waals surface area contributed by atoms with Gasteiger partial charge in [0.2, 0.25) is 0 Å². The van der Waals surface area contributed by atoms with Gasteiger partial charge in [-0.05, 0) is 31.2 Å². The van der Waals surface area contributed by atoms with Crippen LogP contribution >= 0.6 is 0 Å². The van der Waals surface area contributed by atoms with Crippen LogP contribution in [0.4, 0.5) is 9.18 Å². The molecule has 0 aliphatic carbocycles. The molecule has 1 heterocycles. The van der Waals surface area contributed by atoms with Gasteiger partial charge in [0.25, 0.3) is 0 Å². The van der Waals surface area contributed by atoms with E-state index in [1.165, 1.54) is 12.1 Å². The summed E-state index contributed by atoms with van der Waals surface area (Å²) in [6, 6.07) is 5.99. The first-order chi connectivity index (χ1) is 9.19. The summed E-state index contributed by atoms with van der Waals surface area (Å²) in [5.41, 5.74) is 0. The number of benzene rings is 1. The Labute approximate surface area is 112 Å². The molecule has 0 radical (unpaired) electrons. The van der Waals surface area contributed by atoms with Gasteiger partial charge < -0.3 is 14.4 Å². The van der Waals surface area contributed by atoms with Crippen LogP contribution in [0.1, 0.15) is 19.8 Å². The number of carbonyl (C=O) groups excluding carboxylic acids is 1. The van der Waals surface area contributed by atoms with E-state index in [-0.39, 0.29) is 18.0 Å². The highest BCUT2D eigenvalue weighted by Gasteiger charge is 2.24. The highest BCUT2D eigenvalue weighted by Crippen LogP contribution is 2.19. The number of hydrogen-bond acceptors (Lipinski definition) is 3. The highest BCUT2D eigenvalue weighted by molar-refractivity contribution is 5.67. The van der Waals surface area contributed by atoms with Crippen LogP contribution in [-0.4, -0.2) is 36.8 Å². The molecule has 1 aliphatic heterocycles. The second kappa shape index (κ2) is 6.41. The number of hydrogen-bond donors (Lipinski definition) is 0. The van der Waals surface area contributed by atoms with Gasteiger partial charge in [0.15, 0.2) is 0 Å². The van der Waals surface area contributed by atoms with E-state index in [2.05, 4.69) is 0 Å². The second-order valence-electron chi connectivity index (χ2n) is 4.46. The maximum absolute atomic E-state index is 12.8. The standard InChI is InChI=1S/C14H18FNO3/c1-2-18-14(17)16-9-7-13(8-10-16)19-12-5-3-11(15)4-6-12/h3-6,13H,2,7-10H2,1H3. The summed E-state index contributed by atoms with van der Waals surface area (Å²) >= 11 is 0. The molecule has 2 rings (SSSR count). The van der Waals surface area contributed by atoms with Gasteiger partial charge in [-0.3, -0.25) is 0 Å². The fourth-order valence-electron chi connectivity index (χ4n) is 2.08. The van der Waals surface area contributed by atoms with Gasteiger partial charge in [0.05, 0.1) is 6.61 Å². The summed E-state index contributed by atoms with van der Waals surface area (Å²) in [5.74, 6) is 0.389. The summed E-state index contributed by atoms with van der Waals surface area (Å²) in [5, 5.41) is 0. The van der Waals surface area contributed by atoms with E-state index in [1.54, 1.807) is 24.0 Å². The number of ether oxygens (including phenoxy) is 2. The monoisotopic (exact) mass is 267 g/mol. The van der Waals surface area contributed by atoms with Crippen LogP contribution in [0.3, 0.4) is 0 Å². The Morgan fingerprint density at radius 3 is 2.53 bits per heavy atom. The Bertz CT molecular complexity index is 413. The van der Waals surface area contributed by atoms with Crippen LogP contribution in [0.15, 0.2) is 24.3 Å². The predicted molar refractivity (Wildman–Crippen MR) is 68.6 cm³/mol. The summed E-state index contributed by atoms with van der Waals surface area (Å²) in [6.07, 6.45) is 1.32. The van der Waals surface area contributed by atoms with Gasteiger partial charge in [-0.15, -0.1) is 0 Å². The third-order valence-electron chi connectivity index (χ3n) is 3.08. The van der Waals surface area contributed by atoms with E-state index >= 15 is 0 Å². The van der Waals surface area contributed by atoms with Crippen molar-refractivity contribution in [3.8, 4) is 5.75 Å². The predicted octanol–water partition coefficient (Wildman–Crippen LogP) is 2.83. The Morgan fingerprint density at radius 1 is 1.32 bits per heavy atom. The average Bonchev–Trinajstić information content (AvgIpc) is 2.42. The highest BCUT2D eigenvalue weighted by atomic mass is 19.1. The van der Waals surface area contributed by atoms with Crippen LogP contribution in [0.25, 0.3) is 0 Å². The smallest absolute Gasteiger partial charge is 0.409 e. The van der Waals surface area contributed by atoms with E-state index in [9.17, 15) is 9.18 Å². The van der Waals surface area contributed by atoms with Crippen molar-refractivity contribution in [1.82, 2.24) is 4.90 Å². The van der Waals surface area contributed by atoms with Crippen molar-refractivity contribution in [2.45, 2.75) is 25.9 Å². The zero-order valence-electron chi connectivity index (χ0n) is 11.0. The topological polar surface area (TPSA) is 38.8 Å². The molecule has 1 fully saturated rings. The normalized spacial score (nSPS) is 16.2. The van der Waals surface area contributed by atoms with E-state index in [0.717, 1.165) is 12.8 Å². The SMILES string of the molecule is CCOC(=O)N1CCC(Oc2ccc(F)cc2)CC1. The summed E-state index contributed by atoms with van der Waals surface area (Å²) in [6.45, 7) is 3.45. The van der Waals surface area contributed by atoms with E-state index in [1.807, 2.05) is 0 Å². The molecule has 0 unspecified atom stereocenters. The maximum Gasteiger partial charge on any atom is 0.409 e. The number of piperidine rings is 1. The molecule has 0 saturated carbocycles. The van der Waals surface area contributed by atoms with Gasteiger partial charge in [-0.2, -0.15) is 0 Å². The zero-order chi connectivity index (χ0) is 13.7. The molecule has 0 spiro atoms. The molecule has 1 amide bonds. The fourth-order valence-corrected chi connectivity index (χ4v) is 2.08. The first-order valence-corrected chi connectivity index (χ1v) is 6.53. The van der Waals surface area contributed by atoms with Crippen molar-refractivity contribution >= 4 is 6.09 Å². The van der Waals surface area contributed by atoms with E-state index in [4.69, 9.17) is 9.47 Å². The Morgan fingerprint density at radius 2 is 1.95 bits per heavy atom. The van der Waals surface area contributed by atoms with Gasteiger partial charge in [-0.1, -0.05) is 0 Å². The molecular weight excluding hydrogens is 249 g/mol. The second-order valence-corrected chi connectivity index (χ2v) is 4.46. The molecule has 1 saturated heterocycles. The van der Waals surface area contributed by atoms with Crippen LogP contribution in [-0.2, 0) is 4.74 Å². The van der Waals surface area contributed by atoms with Crippen LogP contribution in [0.2, 0.25) is 0 Å². The van der Waals surface area contributed by atoms with Crippen molar-refractivity contribution in [3.63, 3.8) is 0 Å². The van der Waals surface area contributed by atoms with E-state index < -0.39 is 0 Å². The van der Waals surface area contributed by atoms with E-state index in [0.29, 0.717) is 25.4 Å². The lowest BCUT2D eigenvalue weighted by Gasteiger charge is -2.31. The third kappa shape index (κ3) is 3.84. The molecule has 0 N–H and O–H groups in total. The Hall–Kier alpha value is -1.78. The van der Waals surface area contributed by atoms with Crippen molar-refractivity contribution in [2.24, 2.45) is 0 Å². The zero-order valence-corrected chi connectivity index (χ0v) is 11.0. The molecule has 0 atom stereocenters. The van der Waals surface area contributed by atoms with Crippen LogP contribution < -0.4 is 4.74 Å². The number of halogens is 1. The Balaban J connectivity index is 1.80. The summed E-state index contributed by atoms with van der Waals surface area (Å²) < 4.78 is 23.5. The molecule has 5 heteroatoms. The van der Waals surface area contributed by atoms with Crippen LogP contribution in [0.5, 0.6) is 5.75 Å². The minimum atomic E-state index is -0.274. The first kappa shape index (κ1) is 13.6. The number of nitrogens with zero attached hydrogens (tertiary/aromatic N) is 1. The molecule has 0 aromatic heterocycles. The van der Waals surface area contributed by atoms with Crippen LogP contribution in [0, 0.1) is 5.82 Å². The lowest BCUT2D eigenvalue weighted by Crippen LogP contribution is -2.42. The Kier molecular flexibility index (Phi) is 4.60. The van der Waals surface area contributed by atoms with Gasteiger partial charge >= 0.3 is 6.09 Å². The van der Waals surface area contributed by atoms with Gasteiger partial charge in [0, 0.05) is 25.9 Å². The number of amides is 1. The maximum atomic E-state index is 12.8. The lowest BCUT2D eigenvalue weighted by molar-refractivity contribution is 0.0703. The largest absolute Gasteiger partial charge is 0.490 e. The molecular formula is C14H18FNO3. The van der Waals surface area contributed by atoms with Crippen molar-refractivity contribution in [3.05, 3.63) is 30.1 Å². The number of rotatable bonds is 3. The van der Waals surface area contributed by atoms with Gasteiger partial charge in [0.1, 0.15) is 17.7 Å². The molecule has 104 valence electrons. The number of likely N-dealkylation sites (tertiary alicyclic amines) is 1. The summed E-state index contributed by atoms with van der Waals surface area (Å²) in [7, 11) is 0. The quantitative estimate of drug-likeness (QED) is 0.845. The number of carbonyl (C=O) groups is 1.